The van der Waals surface area contributed by atoms with Crippen LogP contribution in [-0.4, -0.2) is 41.9 Å². The van der Waals surface area contributed by atoms with E-state index in [4.69, 9.17) is 11.6 Å². The molecule has 2 heterocycles. The summed E-state index contributed by atoms with van der Waals surface area (Å²) in [7, 11) is 0. The fourth-order valence-electron chi connectivity index (χ4n) is 4.52. The van der Waals surface area contributed by atoms with Gasteiger partial charge in [0.2, 0.25) is 5.91 Å². The molecule has 2 aliphatic heterocycles. The third-order valence-electron chi connectivity index (χ3n) is 6.40. The van der Waals surface area contributed by atoms with E-state index in [9.17, 15) is 4.79 Å². The predicted octanol–water partition coefficient (Wildman–Crippen LogP) is 4.46. The highest BCUT2D eigenvalue weighted by Gasteiger charge is 2.25. The molecule has 1 amide bonds. The van der Waals surface area contributed by atoms with Crippen molar-refractivity contribution in [2.45, 2.75) is 45.3 Å². The molecule has 0 radical (unpaired) electrons. The highest BCUT2D eigenvalue weighted by molar-refractivity contribution is 6.31. The molecular weight excluding hydrogens is 394 g/mol. The first-order valence-corrected chi connectivity index (χ1v) is 11.6. The third-order valence-corrected chi connectivity index (χ3v) is 6.77. The van der Waals surface area contributed by atoms with Gasteiger partial charge < -0.3 is 5.32 Å². The molecule has 1 N–H and O–H groups in total. The number of piperidine rings is 1. The summed E-state index contributed by atoms with van der Waals surface area (Å²) in [5.74, 6) is 0.301. The lowest BCUT2D eigenvalue weighted by Crippen LogP contribution is -2.40. The summed E-state index contributed by atoms with van der Waals surface area (Å²) in [5.41, 5.74) is 3.69. The number of nitrogens with one attached hydrogen (secondary N) is 1. The lowest BCUT2D eigenvalue weighted by atomic mass is 9.95. The number of nitrogens with zero attached hydrogens (tertiary/aromatic N) is 2. The second-order valence-corrected chi connectivity index (χ2v) is 9.07. The van der Waals surface area contributed by atoms with Crippen LogP contribution in [0.3, 0.4) is 0 Å². The van der Waals surface area contributed by atoms with E-state index in [1.54, 1.807) is 0 Å². The number of carbonyl (C=O) groups excluding carboxylic acids is 1. The largest absolute Gasteiger partial charge is 0.352 e. The van der Waals surface area contributed by atoms with Crippen molar-refractivity contribution < 1.29 is 4.79 Å². The van der Waals surface area contributed by atoms with Gasteiger partial charge in [-0.15, -0.1) is 0 Å². The Kier molecular flexibility index (Phi) is 7.42. The monoisotopic (exact) mass is 425 g/mol. The topological polar surface area (TPSA) is 35.6 Å². The number of benzene rings is 2. The molecule has 4 rings (SSSR count). The molecule has 0 aromatic heterocycles. The molecule has 0 aliphatic carbocycles. The normalized spacial score (nSPS) is 18.6. The minimum Gasteiger partial charge on any atom is -0.352 e. The molecule has 4 nitrogen and oxygen atoms in total. The number of hydrogen-bond donors (Lipinski definition) is 1. The number of amides is 1. The van der Waals surface area contributed by atoms with E-state index in [0.717, 1.165) is 49.6 Å². The molecule has 2 fully saturated rings. The molecule has 0 spiro atoms. The van der Waals surface area contributed by atoms with Gasteiger partial charge in [0, 0.05) is 30.6 Å². The zero-order chi connectivity index (χ0) is 20.8. The summed E-state index contributed by atoms with van der Waals surface area (Å²) < 4.78 is 0. The highest BCUT2D eigenvalue weighted by Crippen LogP contribution is 2.22. The van der Waals surface area contributed by atoms with E-state index in [-0.39, 0.29) is 11.8 Å². The van der Waals surface area contributed by atoms with Gasteiger partial charge in [-0.1, -0.05) is 54.1 Å². The average Bonchev–Trinajstić information content (AvgIpc) is 3.28. The summed E-state index contributed by atoms with van der Waals surface area (Å²) in [5, 5.41) is 3.97. The second kappa shape index (κ2) is 10.4. The highest BCUT2D eigenvalue weighted by atomic mass is 35.5. The van der Waals surface area contributed by atoms with E-state index in [1.165, 1.54) is 37.1 Å². The van der Waals surface area contributed by atoms with Crippen LogP contribution in [-0.2, 0) is 24.4 Å². The molecule has 5 heteroatoms. The van der Waals surface area contributed by atoms with Gasteiger partial charge in [-0.2, -0.15) is 0 Å². The van der Waals surface area contributed by atoms with E-state index in [2.05, 4.69) is 45.4 Å². The number of halogens is 1. The Balaban J connectivity index is 1.19. The lowest BCUT2D eigenvalue weighted by molar-refractivity contribution is -0.126. The molecule has 0 atom stereocenters. The zero-order valence-corrected chi connectivity index (χ0v) is 18.4. The molecule has 2 saturated heterocycles. The van der Waals surface area contributed by atoms with Crippen molar-refractivity contribution in [2.24, 2.45) is 5.92 Å². The van der Waals surface area contributed by atoms with Crippen molar-refractivity contribution >= 4 is 17.5 Å². The standard InChI is InChI=1S/C25H32ClN3O/c26-24-6-2-1-5-23(24)19-29-15-11-22(12-16-29)25(30)27-17-20-7-9-21(10-8-20)18-28-13-3-4-14-28/h1-2,5-10,22H,3-4,11-19H2,(H,27,30). The van der Waals surface area contributed by atoms with Crippen molar-refractivity contribution in [3.8, 4) is 0 Å². The first kappa shape index (κ1) is 21.4. The van der Waals surface area contributed by atoms with Crippen LogP contribution in [0, 0.1) is 5.92 Å². The van der Waals surface area contributed by atoms with Gasteiger partial charge in [-0.05, 0) is 74.6 Å². The van der Waals surface area contributed by atoms with Gasteiger partial charge in [0.25, 0.3) is 0 Å². The number of rotatable bonds is 7. The maximum absolute atomic E-state index is 12.6. The Bertz CT molecular complexity index is 825. The molecule has 2 aromatic rings. The molecule has 30 heavy (non-hydrogen) atoms. The van der Waals surface area contributed by atoms with Gasteiger partial charge in [0.05, 0.1) is 0 Å². The zero-order valence-electron chi connectivity index (χ0n) is 17.7. The third kappa shape index (κ3) is 5.84. The lowest BCUT2D eigenvalue weighted by Gasteiger charge is -2.31. The molecule has 0 unspecified atom stereocenters. The number of carbonyl (C=O) groups is 1. The minimum atomic E-state index is 0.113. The Morgan fingerprint density at radius 3 is 2.20 bits per heavy atom. The molecule has 2 aliphatic rings. The number of likely N-dealkylation sites (tertiary alicyclic amines) is 2. The van der Waals surface area contributed by atoms with Crippen LogP contribution in [0.1, 0.15) is 42.4 Å². The minimum absolute atomic E-state index is 0.113. The molecule has 0 bridgehead atoms. The van der Waals surface area contributed by atoms with Crippen LogP contribution < -0.4 is 5.32 Å². The Morgan fingerprint density at radius 1 is 0.867 bits per heavy atom. The van der Waals surface area contributed by atoms with Crippen molar-refractivity contribution in [1.82, 2.24) is 15.1 Å². The summed E-state index contributed by atoms with van der Waals surface area (Å²) in [4.78, 5) is 17.5. The van der Waals surface area contributed by atoms with Crippen LogP contribution in [0.25, 0.3) is 0 Å². The molecular formula is C25H32ClN3O. The summed E-state index contributed by atoms with van der Waals surface area (Å²) in [6.07, 6.45) is 4.46. The van der Waals surface area contributed by atoms with Gasteiger partial charge in [0.1, 0.15) is 0 Å². The van der Waals surface area contributed by atoms with Crippen LogP contribution >= 0.6 is 11.6 Å². The van der Waals surface area contributed by atoms with E-state index >= 15 is 0 Å². The van der Waals surface area contributed by atoms with Crippen LogP contribution in [0.2, 0.25) is 5.02 Å². The maximum Gasteiger partial charge on any atom is 0.223 e. The fourth-order valence-corrected chi connectivity index (χ4v) is 4.71. The Hall–Kier alpha value is -1.88. The smallest absolute Gasteiger partial charge is 0.223 e. The SMILES string of the molecule is O=C(NCc1ccc(CN2CCCC2)cc1)C1CCN(Cc2ccccc2Cl)CC1. The van der Waals surface area contributed by atoms with E-state index in [0.29, 0.717) is 6.54 Å². The first-order valence-electron chi connectivity index (χ1n) is 11.2. The second-order valence-electron chi connectivity index (χ2n) is 8.66. The first-order chi connectivity index (χ1) is 14.7. The quantitative estimate of drug-likeness (QED) is 0.711. The van der Waals surface area contributed by atoms with Crippen LogP contribution in [0.4, 0.5) is 0 Å². The molecule has 2 aromatic carbocycles. The Labute approximate surface area is 185 Å². The summed E-state index contributed by atoms with van der Waals surface area (Å²) in [6, 6.07) is 16.7. The maximum atomic E-state index is 12.6. The van der Waals surface area contributed by atoms with Crippen LogP contribution in [0.15, 0.2) is 48.5 Å². The Morgan fingerprint density at radius 2 is 1.50 bits per heavy atom. The van der Waals surface area contributed by atoms with Gasteiger partial charge in [-0.3, -0.25) is 14.6 Å². The van der Waals surface area contributed by atoms with Crippen molar-refractivity contribution in [3.63, 3.8) is 0 Å². The van der Waals surface area contributed by atoms with Crippen LogP contribution in [0.5, 0.6) is 0 Å². The molecule has 0 saturated carbocycles. The van der Waals surface area contributed by atoms with Crippen molar-refractivity contribution in [3.05, 3.63) is 70.2 Å². The summed E-state index contributed by atoms with van der Waals surface area (Å²) in [6.45, 7) is 6.83. The summed E-state index contributed by atoms with van der Waals surface area (Å²) >= 11 is 6.28. The fraction of sp³-hybridized carbons (Fsp3) is 0.480. The average molecular weight is 426 g/mol. The van der Waals surface area contributed by atoms with Gasteiger partial charge in [-0.25, -0.2) is 0 Å². The number of hydrogen-bond acceptors (Lipinski definition) is 3. The predicted molar refractivity (Wildman–Crippen MR) is 122 cm³/mol. The van der Waals surface area contributed by atoms with Gasteiger partial charge in [0.15, 0.2) is 0 Å². The van der Waals surface area contributed by atoms with E-state index in [1.807, 2.05) is 18.2 Å². The van der Waals surface area contributed by atoms with Crippen molar-refractivity contribution in [2.75, 3.05) is 26.2 Å². The van der Waals surface area contributed by atoms with E-state index < -0.39 is 0 Å². The van der Waals surface area contributed by atoms with Crippen molar-refractivity contribution in [1.29, 1.82) is 0 Å². The molecule has 160 valence electrons. The van der Waals surface area contributed by atoms with Gasteiger partial charge >= 0.3 is 0 Å².